The first-order chi connectivity index (χ1) is 7.63. The van der Waals surface area contributed by atoms with Gasteiger partial charge in [-0.3, -0.25) is 0 Å². The molecule has 1 unspecified atom stereocenters. The normalized spacial score (nSPS) is 13.1. The molecule has 0 fully saturated rings. The molecule has 0 bridgehead atoms. The molecule has 0 heterocycles. The number of hydrogen-bond donors (Lipinski definition) is 1. The third-order valence-corrected chi connectivity index (χ3v) is 3.76. The standard InChI is InChI=1S/C14H23NS/c1-4-14(15)12-5-7-13(8-6-12)16-10-9-11(2)3/h5-8,11,14H,4,9-10,15H2,1-3H3. The number of thioether (sulfide) groups is 1. The molecule has 1 atom stereocenters. The SMILES string of the molecule is CCC(N)c1ccc(SCCC(C)C)cc1. The Hall–Kier alpha value is -0.470. The summed E-state index contributed by atoms with van der Waals surface area (Å²) in [6.07, 6.45) is 2.28. The van der Waals surface area contributed by atoms with E-state index in [4.69, 9.17) is 5.73 Å². The van der Waals surface area contributed by atoms with Gasteiger partial charge in [-0.05, 0) is 42.2 Å². The molecular formula is C14H23NS. The average Bonchev–Trinajstić information content (AvgIpc) is 2.28. The summed E-state index contributed by atoms with van der Waals surface area (Å²) in [4.78, 5) is 1.35. The molecule has 1 aromatic rings. The minimum absolute atomic E-state index is 0.190. The molecule has 0 spiro atoms. The van der Waals surface area contributed by atoms with E-state index in [2.05, 4.69) is 45.0 Å². The Morgan fingerprint density at radius 2 is 1.81 bits per heavy atom. The molecule has 0 aliphatic heterocycles. The molecule has 0 saturated heterocycles. The van der Waals surface area contributed by atoms with Crippen LogP contribution in [0.2, 0.25) is 0 Å². The summed E-state index contributed by atoms with van der Waals surface area (Å²) in [7, 11) is 0. The molecule has 16 heavy (non-hydrogen) atoms. The molecule has 2 N–H and O–H groups in total. The van der Waals surface area contributed by atoms with Crippen molar-refractivity contribution in [3.05, 3.63) is 29.8 Å². The highest BCUT2D eigenvalue weighted by Gasteiger charge is 2.03. The first-order valence-corrected chi connectivity index (χ1v) is 7.10. The van der Waals surface area contributed by atoms with E-state index >= 15 is 0 Å². The van der Waals surface area contributed by atoms with E-state index in [1.165, 1.54) is 22.6 Å². The van der Waals surface area contributed by atoms with Crippen LogP contribution in [0.25, 0.3) is 0 Å². The first kappa shape index (κ1) is 13.6. The zero-order chi connectivity index (χ0) is 12.0. The zero-order valence-electron chi connectivity index (χ0n) is 10.6. The fourth-order valence-electron chi connectivity index (χ4n) is 1.46. The average molecular weight is 237 g/mol. The lowest BCUT2D eigenvalue weighted by atomic mass is 10.1. The summed E-state index contributed by atoms with van der Waals surface area (Å²) in [6, 6.07) is 8.89. The summed E-state index contributed by atoms with van der Waals surface area (Å²) in [6.45, 7) is 6.66. The molecule has 0 saturated carbocycles. The Labute approximate surface area is 104 Å². The third kappa shape index (κ3) is 4.58. The highest BCUT2D eigenvalue weighted by Crippen LogP contribution is 2.23. The van der Waals surface area contributed by atoms with Crippen molar-refractivity contribution in [2.75, 3.05) is 5.75 Å². The van der Waals surface area contributed by atoms with Crippen LogP contribution in [0.5, 0.6) is 0 Å². The van der Waals surface area contributed by atoms with Crippen LogP contribution in [0.3, 0.4) is 0 Å². The Kier molecular flexibility index (Phi) is 5.93. The Morgan fingerprint density at radius 3 is 2.31 bits per heavy atom. The molecule has 1 nitrogen and oxygen atoms in total. The van der Waals surface area contributed by atoms with Gasteiger partial charge in [0.1, 0.15) is 0 Å². The summed E-state index contributed by atoms with van der Waals surface area (Å²) in [5, 5.41) is 0. The van der Waals surface area contributed by atoms with E-state index in [1.807, 2.05) is 11.8 Å². The second-order valence-electron chi connectivity index (χ2n) is 4.61. The molecule has 1 aromatic carbocycles. The van der Waals surface area contributed by atoms with Crippen LogP contribution >= 0.6 is 11.8 Å². The summed E-state index contributed by atoms with van der Waals surface area (Å²) < 4.78 is 0. The van der Waals surface area contributed by atoms with Gasteiger partial charge >= 0.3 is 0 Å². The van der Waals surface area contributed by atoms with Crippen molar-refractivity contribution >= 4 is 11.8 Å². The second kappa shape index (κ2) is 6.97. The van der Waals surface area contributed by atoms with Gasteiger partial charge in [0.05, 0.1) is 0 Å². The Balaban J connectivity index is 2.45. The maximum Gasteiger partial charge on any atom is 0.0292 e. The number of rotatable bonds is 6. The van der Waals surface area contributed by atoms with Gasteiger partial charge in [0.15, 0.2) is 0 Å². The van der Waals surface area contributed by atoms with Crippen LogP contribution < -0.4 is 5.73 Å². The number of nitrogens with two attached hydrogens (primary N) is 1. The van der Waals surface area contributed by atoms with Gasteiger partial charge in [-0.1, -0.05) is 32.9 Å². The molecule has 0 aliphatic rings. The van der Waals surface area contributed by atoms with E-state index < -0.39 is 0 Å². The third-order valence-electron chi connectivity index (χ3n) is 2.71. The molecule has 0 radical (unpaired) electrons. The van der Waals surface area contributed by atoms with Gasteiger partial charge in [0.25, 0.3) is 0 Å². The van der Waals surface area contributed by atoms with Crippen molar-refractivity contribution in [3.8, 4) is 0 Å². The highest BCUT2D eigenvalue weighted by molar-refractivity contribution is 7.99. The predicted molar refractivity (Wildman–Crippen MR) is 73.8 cm³/mol. The minimum Gasteiger partial charge on any atom is -0.324 e. The van der Waals surface area contributed by atoms with Crippen molar-refractivity contribution in [2.45, 2.75) is 44.6 Å². The van der Waals surface area contributed by atoms with Crippen molar-refractivity contribution < 1.29 is 0 Å². The first-order valence-electron chi connectivity index (χ1n) is 6.11. The van der Waals surface area contributed by atoms with Gasteiger partial charge in [-0.25, -0.2) is 0 Å². The fourth-order valence-corrected chi connectivity index (χ4v) is 2.61. The van der Waals surface area contributed by atoms with Gasteiger partial charge in [-0.2, -0.15) is 0 Å². The Bertz CT molecular complexity index is 292. The largest absolute Gasteiger partial charge is 0.324 e. The van der Waals surface area contributed by atoms with Gasteiger partial charge < -0.3 is 5.73 Å². The molecule has 2 heteroatoms. The van der Waals surface area contributed by atoms with Crippen LogP contribution in [0.1, 0.15) is 45.2 Å². The van der Waals surface area contributed by atoms with Crippen molar-refractivity contribution in [3.63, 3.8) is 0 Å². The predicted octanol–water partition coefficient (Wildman–Crippen LogP) is 4.23. The molecule has 0 aromatic heterocycles. The quantitative estimate of drug-likeness (QED) is 0.749. The summed E-state index contributed by atoms with van der Waals surface area (Å²) >= 11 is 1.94. The smallest absolute Gasteiger partial charge is 0.0292 e. The topological polar surface area (TPSA) is 26.0 Å². The monoisotopic (exact) mass is 237 g/mol. The zero-order valence-corrected chi connectivity index (χ0v) is 11.4. The summed E-state index contributed by atoms with van der Waals surface area (Å²) in [5.74, 6) is 2.00. The van der Waals surface area contributed by atoms with Gasteiger partial charge in [0.2, 0.25) is 0 Å². The van der Waals surface area contributed by atoms with E-state index in [1.54, 1.807) is 0 Å². The van der Waals surface area contributed by atoms with E-state index in [0.29, 0.717) is 0 Å². The van der Waals surface area contributed by atoms with Gasteiger partial charge in [-0.15, -0.1) is 11.8 Å². The number of hydrogen-bond acceptors (Lipinski definition) is 2. The fraction of sp³-hybridized carbons (Fsp3) is 0.571. The van der Waals surface area contributed by atoms with Crippen LogP contribution in [0.4, 0.5) is 0 Å². The van der Waals surface area contributed by atoms with E-state index in [9.17, 15) is 0 Å². The lowest BCUT2D eigenvalue weighted by Gasteiger charge is -2.10. The van der Waals surface area contributed by atoms with E-state index in [0.717, 1.165) is 12.3 Å². The lowest BCUT2D eigenvalue weighted by Crippen LogP contribution is -2.07. The van der Waals surface area contributed by atoms with Crippen LogP contribution in [0.15, 0.2) is 29.2 Å². The lowest BCUT2D eigenvalue weighted by molar-refractivity contribution is 0.632. The minimum atomic E-state index is 0.190. The maximum absolute atomic E-state index is 5.98. The Morgan fingerprint density at radius 1 is 1.19 bits per heavy atom. The van der Waals surface area contributed by atoms with Crippen LogP contribution in [-0.4, -0.2) is 5.75 Å². The van der Waals surface area contributed by atoms with Crippen molar-refractivity contribution in [2.24, 2.45) is 11.7 Å². The molecule has 0 amide bonds. The molecule has 0 aliphatic carbocycles. The molecule has 90 valence electrons. The molecular weight excluding hydrogens is 214 g/mol. The van der Waals surface area contributed by atoms with Crippen LogP contribution in [-0.2, 0) is 0 Å². The van der Waals surface area contributed by atoms with Gasteiger partial charge in [0, 0.05) is 10.9 Å². The maximum atomic E-state index is 5.98. The molecule has 1 rings (SSSR count). The van der Waals surface area contributed by atoms with Crippen molar-refractivity contribution in [1.82, 2.24) is 0 Å². The second-order valence-corrected chi connectivity index (χ2v) is 5.78. The van der Waals surface area contributed by atoms with Crippen molar-refractivity contribution in [1.29, 1.82) is 0 Å². The van der Waals surface area contributed by atoms with E-state index in [-0.39, 0.29) is 6.04 Å². The van der Waals surface area contributed by atoms with Crippen LogP contribution in [0, 0.1) is 5.92 Å². The number of benzene rings is 1. The highest BCUT2D eigenvalue weighted by atomic mass is 32.2. The summed E-state index contributed by atoms with van der Waals surface area (Å²) in [5.41, 5.74) is 7.22.